The van der Waals surface area contributed by atoms with E-state index in [0.717, 1.165) is 12.8 Å². The zero-order valence-corrected chi connectivity index (χ0v) is 14.9. The molecule has 0 unspecified atom stereocenters. The fraction of sp³-hybridized carbons (Fsp3) is 0.526. The lowest BCUT2D eigenvalue weighted by Gasteiger charge is -2.25. The molecule has 0 radical (unpaired) electrons. The Labute approximate surface area is 148 Å². The quantitative estimate of drug-likeness (QED) is 0.281. The molecule has 0 spiro atoms. The van der Waals surface area contributed by atoms with Gasteiger partial charge in [0, 0.05) is 18.7 Å². The Morgan fingerprint density at radius 2 is 1.92 bits per heavy atom. The molecule has 0 aromatic heterocycles. The minimum absolute atomic E-state index is 0.0655. The van der Waals surface area contributed by atoms with Crippen LogP contribution in [-0.2, 0) is 4.74 Å². The van der Waals surface area contributed by atoms with Gasteiger partial charge in [0.15, 0.2) is 0 Å². The lowest BCUT2D eigenvalue weighted by atomic mass is 9.92. The lowest BCUT2D eigenvalue weighted by molar-refractivity contribution is -0.384. The molecular weight excluding hydrogens is 322 g/mol. The number of benzene rings is 1. The van der Waals surface area contributed by atoms with Crippen LogP contribution in [-0.4, -0.2) is 28.7 Å². The van der Waals surface area contributed by atoms with Crippen molar-refractivity contribution in [1.29, 1.82) is 0 Å². The molecule has 25 heavy (non-hydrogen) atoms. The summed E-state index contributed by atoms with van der Waals surface area (Å²) in [7, 11) is 0. The van der Waals surface area contributed by atoms with Gasteiger partial charge in [0.2, 0.25) is 0 Å². The predicted molar refractivity (Wildman–Crippen MR) is 96.4 cm³/mol. The number of nitro benzene ring substituents is 1. The number of carbonyl (C=O) groups excluding carboxylic acids is 1. The second-order valence-corrected chi connectivity index (χ2v) is 6.38. The maximum absolute atomic E-state index is 12.4. The topological polar surface area (TPSA) is 89.7 Å². The SMILES string of the molecule is C=C[C@@H](C)CC[C@H](OC(=O)c1ccc([N+](=O)[O-])cc1)[C@H](C)CCCO. The maximum atomic E-state index is 12.4. The molecule has 0 bridgehead atoms. The first-order valence-electron chi connectivity index (χ1n) is 8.57. The summed E-state index contributed by atoms with van der Waals surface area (Å²) in [5.41, 5.74) is 0.228. The lowest BCUT2D eigenvalue weighted by Crippen LogP contribution is -2.26. The second-order valence-electron chi connectivity index (χ2n) is 6.38. The first-order chi connectivity index (χ1) is 11.9. The van der Waals surface area contributed by atoms with E-state index < -0.39 is 10.9 Å². The van der Waals surface area contributed by atoms with E-state index in [1.54, 1.807) is 0 Å². The Balaban J connectivity index is 2.77. The molecule has 6 heteroatoms. The molecule has 0 fully saturated rings. The molecule has 0 saturated heterocycles. The van der Waals surface area contributed by atoms with Gasteiger partial charge in [-0.05, 0) is 49.7 Å². The standard InChI is InChI=1S/C19H27NO5/c1-4-14(2)7-12-18(15(3)6-5-13-21)25-19(22)16-8-10-17(11-9-16)20(23)24/h4,8-11,14-15,18,21H,1,5-7,12-13H2,2-3H3/t14-,15-,18+/m1/s1. The summed E-state index contributed by atoms with van der Waals surface area (Å²) < 4.78 is 5.67. The highest BCUT2D eigenvalue weighted by Crippen LogP contribution is 2.23. The van der Waals surface area contributed by atoms with Crippen LogP contribution in [0.15, 0.2) is 36.9 Å². The summed E-state index contributed by atoms with van der Waals surface area (Å²) in [4.78, 5) is 22.5. The molecule has 0 aliphatic heterocycles. The molecule has 0 aliphatic rings. The first kappa shape index (κ1) is 20.8. The van der Waals surface area contributed by atoms with E-state index >= 15 is 0 Å². The van der Waals surface area contributed by atoms with Crippen LogP contribution < -0.4 is 0 Å². The number of aliphatic hydroxyl groups excluding tert-OH is 1. The largest absolute Gasteiger partial charge is 0.459 e. The van der Waals surface area contributed by atoms with Gasteiger partial charge >= 0.3 is 5.97 Å². The van der Waals surface area contributed by atoms with Gasteiger partial charge in [-0.2, -0.15) is 0 Å². The van der Waals surface area contributed by atoms with Gasteiger partial charge in [-0.1, -0.05) is 19.9 Å². The van der Waals surface area contributed by atoms with Crippen molar-refractivity contribution < 1.29 is 19.6 Å². The molecule has 1 aromatic carbocycles. The number of allylic oxidation sites excluding steroid dienone is 1. The Hall–Kier alpha value is -2.21. The number of nitrogens with zero attached hydrogens (tertiary/aromatic N) is 1. The second kappa shape index (κ2) is 10.6. The summed E-state index contributed by atoms with van der Waals surface area (Å²) >= 11 is 0. The number of rotatable bonds is 11. The summed E-state index contributed by atoms with van der Waals surface area (Å²) in [6.07, 6.45) is 4.58. The average Bonchev–Trinajstić information content (AvgIpc) is 2.62. The molecular formula is C19H27NO5. The number of non-ortho nitro benzene ring substituents is 1. The summed E-state index contributed by atoms with van der Waals surface area (Å²) in [6.45, 7) is 7.93. The number of hydrogen-bond acceptors (Lipinski definition) is 5. The monoisotopic (exact) mass is 349 g/mol. The van der Waals surface area contributed by atoms with E-state index in [9.17, 15) is 14.9 Å². The molecule has 1 aromatic rings. The highest BCUT2D eigenvalue weighted by atomic mass is 16.6. The van der Waals surface area contributed by atoms with Crippen LogP contribution in [0, 0.1) is 22.0 Å². The third kappa shape index (κ3) is 7.05. The smallest absolute Gasteiger partial charge is 0.338 e. The molecule has 3 atom stereocenters. The van der Waals surface area contributed by atoms with Crippen LogP contribution in [0.25, 0.3) is 0 Å². The van der Waals surface area contributed by atoms with Crippen molar-refractivity contribution in [3.63, 3.8) is 0 Å². The van der Waals surface area contributed by atoms with E-state index in [2.05, 4.69) is 13.5 Å². The van der Waals surface area contributed by atoms with Crippen LogP contribution in [0.3, 0.4) is 0 Å². The number of esters is 1. The molecule has 6 nitrogen and oxygen atoms in total. The average molecular weight is 349 g/mol. The van der Waals surface area contributed by atoms with Crippen LogP contribution in [0.5, 0.6) is 0 Å². The van der Waals surface area contributed by atoms with Gasteiger partial charge in [-0.3, -0.25) is 10.1 Å². The molecule has 0 aliphatic carbocycles. The van der Waals surface area contributed by atoms with Crippen molar-refractivity contribution in [3.05, 3.63) is 52.6 Å². The molecule has 0 heterocycles. The van der Waals surface area contributed by atoms with Crippen molar-refractivity contribution in [2.45, 2.75) is 45.6 Å². The van der Waals surface area contributed by atoms with Crippen LogP contribution in [0.4, 0.5) is 5.69 Å². The molecule has 1 rings (SSSR count). The predicted octanol–water partition coefficient (Wildman–Crippen LogP) is 4.13. The van der Waals surface area contributed by atoms with Crippen LogP contribution in [0.1, 0.15) is 49.9 Å². The molecule has 138 valence electrons. The van der Waals surface area contributed by atoms with E-state index in [4.69, 9.17) is 9.84 Å². The van der Waals surface area contributed by atoms with E-state index in [1.807, 2.05) is 13.0 Å². The summed E-state index contributed by atoms with van der Waals surface area (Å²) in [5.74, 6) is -0.0428. The van der Waals surface area contributed by atoms with Crippen molar-refractivity contribution in [2.75, 3.05) is 6.61 Å². The minimum Gasteiger partial charge on any atom is -0.459 e. The van der Waals surface area contributed by atoms with E-state index in [1.165, 1.54) is 24.3 Å². The zero-order chi connectivity index (χ0) is 18.8. The molecule has 1 N–H and O–H groups in total. The van der Waals surface area contributed by atoms with Crippen LogP contribution >= 0.6 is 0 Å². The van der Waals surface area contributed by atoms with Crippen molar-refractivity contribution >= 4 is 11.7 Å². The fourth-order valence-corrected chi connectivity index (χ4v) is 2.53. The van der Waals surface area contributed by atoms with Crippen LogP contribution in [0.2, 0.25) is 0 Å². The zero-order valence-electron chi connectivity index (χ0n) is 14.9. The Morgan fingerprint density at radius 1 is 1.28 bits per heavy atom. The highest BCUT2D eigenvalue weighted by molar-refractivity contribution is 5.89. The number of ether oxygens (including phenoxy) is 1. The number of aliphatic hydroxyl groups is 1. The molecule has 0 saturated carbocycles. The minimum atomic E-state index is -0.508. The summed E-state index contributed by atoms with van der Waals surface area (Å²) in [6, 6.07) is 5.39. The Bertz CT molecular complexity index is 570. The number of hydrogen-bond donors (Lipinski definition) is 1. The molecule has 0 amide bonds. The number of carbonyl (C=O) groups is 1. The van der Waals surface area contributed by atoms with Crippen molar-refractivity contribution in [1.82, 2.24) is 0 Å². The van der Waals surface area contributed by atoms with E-state index in [0.29, 0.717) is 24.3 Å². The third-order valence-electron chi connectivity index (χ3n) is 4.33. The Morgan fingerprint density at radius 3 is 2.44 bits per heavy atom. The normalized spacial score (nSPS) is 14.4. The van der Waals surface area contributed by atoms with E-state index in [-0.39, 0.29) is 24.3 Å². The van der Waals surface area contributed by atoms with Crippen molar-refractivity contribution in [2.24, 2.45) is 11.8 Å². The van der Waals surface area contributed by atoms with Gasteiger partial charge in [0.25, 0.3) is 5.69 Å². The van der Waals surface area contributed by atoms with Gasteiger partial charge < -0.3 is 9.84 Å². The Kier molecular flexibility index (Phi) is 8.84. The van der Waals surface area contributed by atoms with Gasteiger partial charge in [0.05, 0.1) is 10.5 Å². The van der Waals surface area contributed by atoms with Gasteiger partial charge in [0.1, 0.15) is 6.10 Å². The fourth-order valence-electron chi connectivity index (χ4n) is 2.53. The van der Waals surface area contributed by atoms with Crippen molar-refractivity contribution in [3.8, 4) is 0 Å². The van der Waals surface area contributed by atoms with Gasteiger partial charge in [-0.25, -0.2) is 4.79 Å². The maximum Gasteiger partial charge on any atom is 0.338 e. The third-order valence-corrected chi connectivity index (χ3v) is 4.33. The highest BCUT2D eigenvalue weighted by Gasteiger charge is 2.23. The first-order valence-corrected chi connectivity index (χ1v) is 8.57. The summed E-state index contributed by atoms with van der Waals surface area (Å²) in [5, 5.41) is 19.7. The van der Waals surface area contributed by atoms with Gasteiger partial charge in [-0.15, -0.1) is 6.58 Å². The number of nitro groups is 1.